The van der Waals surface area contributed by atoms with Crippen LogP contribution in [0.2, 0.25) is 0 Å². The Hall–Kier alpha value is -3.78. The van der Waals surface area contributed by atoms with Crippen molar-refractivity contribution in [3.63, 3.8) is 0 Å². The monoisotopic (exact) mass is 524 g/mol. The fraction of sp³-hybridized carbons (Fsp3) is 0.321. The van der Waals surface area contributed by atoms with Crippen LogP contribution in [0.4, 0.5) is 13.2 Å². The Morgan fingerprint density at radius 3 is 2.61 bits per heavy atom. The lowest BCUT2D eigenvalue weighted by atomic mass is 9.77. The third-order valence-electron chi connectivity index (χ3n) is 6.54. The number of ether oxygens (including phenoxy) is 2. The van der Waals surface area contributed by atoms with Gasteiger partial charge in [-0.1, -0.05) is 37.3 Å². The molecule has 3 aromatic rings. The number of rotatable bonds is 9. The number of aromatic nitrogens is 3. The largest absolute Gasteiger partial charge is 0.383 e. The maximum atomic E-state index is 14.7. The van der Waals surface area contributed by atoms with Gasteiger partial charge in [0.2, 0.25) is 0 Å². The smallest absolute Gasteiger partial charge is 0.177 e. The second-order valence-electron chi connectivity index (χ2n) is 9.27. The summed E-state index contributed by atoms with van der Waals surface area (Å²) >= 11 is 0. The molecule has 0 spiro atoms. The van der Waals surface area contributed by atoms with Gasteiger partial charge in [-0.15, -0.1) is 0 Å². The maximum Gasteiger partial charge on any atom is 0.177 e. The number of allylic oxidation sites excluding steroid dienone is 2. The summed E-state index contributed by atoms with van der Waals surface area (Å²) in [6.45, 7) is 2.44. The molecule has 4 rings (SSSR count). The Kier molecular flexibility index (Phi) is 8.73. The molecular weight excluding hydrogens is 497 g/mol. The van der Waals surface area contributed by atoms with Crippen LogP contribution in [-0.4, -0.2) is 39.4 Å². The van der Waals surface area contributed by atoms with Crippen molar-refractivity contribution in [2.45, 2.75) is 31.8 Å². The maximum absolute atomic E-state index is 14.7. The summed E-state index contributed by atoms with van der Waals surface area (Å²) in [5.74, 6) is -2.68. The van der Waals surface area contributed by atoms with Crippen molar-refractivity contribution < 1.29 is 27.8 Å². The molecule has 0 saturated carbocycles. The first-order valence-corrected chi connectivity index (χ1v) is 12.1. The van der Waals surface area contributed by atoms with Crippen molar-refractivity contribution in [1.82, 2.24) is 14.8 Å². The van der Waals surface area contributed by atoms with Crippen molar-refractivity contribution >= 4 is 6.08 Å². The van der Waals surface area contributed by atoms with Gasteiger partial charge in [0.1, 0.15) is 41.8 Å². The van der Waals surface area contributed by atoms with Crippen LogP contribution in [0.5, 0.6) is 0 Å². The topological polar surface area (TPSA) is 93.2 Å². The van der Waals surface area contributed by atoms with E-state index in [-0.39, 0.29) is 23.6 Å². The van der Waals surface area contributed by atoms with Gasteiger partial charge in [-0.05, 0) is 42.2 Å². The third-order valence-corrected chi connectivity index (χ3v) is 6.54. The second kappa shape index (κ2) is 12.2. The van der Waals surface area contributed by atoms with Gasteiger partial charge in [-0.25, -0.2) is 22.8 Å². The normalized spacial score (nSPS) is 20.4. The Balaban J connectivity index is 1.35. The van der Waals surface area contributed by atoms with Crippen molar-refractivity contribution in [1.29, 1.82) is 5.26 Å². The Labute approximate surface area is 218 Å². The lowest BCUT2D eigenvalue weighted by molar-refractivity contribution is -0.181. The summed E-state index contributed by atoms with van der Waals surface area (Å²) < 4.78 is 55.0. The van der Waals surface area contributed by atoms with E-state index < -0.39 is 35.3 Å². The molecule has 7 nitrogen and oxygen atoms in total. The summed E-state index contributed by atoms with van der Waals surface area (Å²) in [6, 6.07) is 9.26. The molecule has 0 unspecified atom stereocenters. The Morgan fingerprint density at radius 2 is 1.95 bits per heavy atom. The molecular formula is C28H27F3N4O3. The van der Waals surface area contributed by atoms with E-state index in [1.807, 2.05) is 0 Å². The second-order valence-corrected chi connectivity index (χ2v) is 9.27. The predicted octanol–water partition coefficient (Wildman–Crippen LogP) is 4.74. The molecule has 2 aromatic carbocycles. The van der Waals surface area contributed by atoms with E-state index in [0.29, 0.717) is 25.2 Å². The number of nitriles is 1. The van der Waals surface area contributed by atoms with E-state index in [0.717, 1.165) is 12.1 Å². The van der Waals surface area contributed by atoms with Gasteiger partial charge >= 0.3 is 0 Å². The number of aliphatic hydroxyl groups is 1. The first kappa shape index (κ1) is 27.3. The number of benzene rings is 2. The number of halogens is 3. The minimum Gasteiger partial charge on any atom is -0.383 e. The highest BCUT2D eigenvalue weighted by atomic mass is 19.1. The molecule has 1 N–H and O–H groups in total. The zero-order valence-electron chi connectivity index (χ0n) is 20.7. The van der Waals surface area contributed by atoms with Gasteiger partial charge in [0.05, 0.1) is 25.3 Å². The first-order valence-electron chi connectivity index (χ1n) is 12.1. The van der Waals surface area contributed by atoms with E-state index in [2.05, 4.69) is 10.1 Å². The minimum absolute atomic E-state index is 0.00907. The van der Waals surface area contributed by atoms with Gasteiger partial charge in [-0.3, -0.25) is 0 Å². The molecule has 1 aliphatic rings. The molecule has 0 amide bonds. The van der Waals surface area contributed by atoms with Crippen molar-refractivity contribution in [2.24, 2.45) is 11.8 Å². The highest BCUT2D eigenvalue weighted by Gasteiger charge is 2.40. The van der Waals surface area contributed by atoms with E-state index in [1.165, 1.54) is 35.5 Å². The van der Waals surface area contributed by atoms with Gasteiger partial charge in [0, 0.05) is 17.5 Å². The van der Waals surface area contributed by atoms with Crippen LogP contribution in [0.3, 0.4) is 0 Å². The van der Waals surface area contributed by atoms with Crippen LogP contribution < -0.4 is 0 Å². The molecule has 1 aliphatic heterocycles. The Bertz CT molecular complexity index is 1330. The van der Waals surface area contributed by atoms with Crippen LogP contribution in [0.25, 0.3) is 6.08 Å². The quantitative estimate of drug-likeness (QED) is 0.407. The first-order chi connectivity index (χ1) is 18.3. The zero-order valence-corrected chi connectivity index (χ0v) is 20.7. The summed E-state index contributed by atoms with van der Waals surface area (Å²) in [7, 11) is 0. The van der Waals surface area contributed by atoms with Crippen LogP contribution in [0.1, 0.15) is 30.0 Å². The lowest BCUT2D eigenvalue weighted by Gasteiger charge is -2.38. The Morgan fingerprint density at radius 1 is 1.16 bits per heavy atom. The van der Waals surface area contributed by atoms with Crippen LogP contribution >= 0.6 is 0 Å². The summed E-state index contributed by atoms with van der Waals surface area (Å²) in [5.41, 5.74) is -1.10. The SMILES string of the molecule is C[C@@H](CC1COC(/C=C/C=C/c2ccc(C#N)c(F)c2)OC1)[C@](O)(Cn1cncn1)c1ccc(F)cc1F. The molecule has 0 radical (unpaired) electrons. The van der Waals surface area contributed by atoms with Crippen molar-refractivity contribution in [3.8, 4) is 6.07 Å². The molecule has 0 bridgehead atoms. The standard InChI is InChI=1S/C28H27F3N4O3/c1-19(28(36,16-35-18-33-17-34-35)24-9-8-23(29)12-26(24)31)10-21-14-37-27(38-15-21)5-3-2-4-20-6-7-22(13-32)25(30)11-20/h2-9,11-12,17-19,21,27,36H,10,14-16H2,1H3/b4-2+,5-3+/t19-,21?,27?,28+/m0/s1. The third kappa shape index (κ3) is 6.55. The number of hydrogen-bond acceptors (Lipinski definition) is 6. The van der Waals surface area contributed by atoms with Gasteiger partial charge < -0.3 is 14.6 Å². The highest BCUT2D eigenvalue weighted by molar-refractivity contribution is 5.53. The molecule has 38 heavy (non-hydrogen) atoms. The molecule has 1 fully saturated rings. The van der Waals surface area contributed by atoms with Crippen LogP contribution in [0, 0.1) is 40.6 Å². The van der Waals surface area contributed by atoms with Gasteiger partial charge in [-0.2, -0.15) is 10.4 Å². The zero-order chi connectivity index (χ0) is 27.1. The van der Waals surface area contributed by atoms with Crippen LogP contribution in [0.15, 0.2) is 67.3 Å². The van der Waals surface area contributed by atoms with Crippen molar-refractivity contribution in [3.05, 3.63) is 101 Å². The lowest BCUT2D eigenvalue weighted by Crippen LogP contribution is -2.42. The predicted molar refractivity (Wildman–Crippen MR) is 133 cm³/mol. The van der Waals surface area contributed by atoms with E-state index >= 15 is 0 Å². The van der Waals surface area contributed by atoms with Crippen LogP contribution in [-0.2, 0) is 21.6 Å². The minimum atomic E-state index is -1.68. The average molecular weight is 525 g/mol. The summed E-state index contributed by atoms with van der Waals surface area (Å²) in [6.07, 6.45) is 9.45. The van der Waals surface area contributed by atoms with E-state index in [9.17, 15) is 18.3 Å². The molecule has 1 saturated heterocycles. The van der Waals surface area contributed by atoms with Gasteiger partial charge in [0.25, 0.3) is 0 Å². The molecule has 198 valence electrons. The molecule has 2 heterocycles. The van der Waals surface area contributed by atoms with Crippen molar-refractivity contribution in [2.75, 3.05) is 13.2 Å². The molecule has 10 heteroatoms. The average Bonchev–Trinajstić information content (AvgIpc) is 3.40. The van der Waals surface area contributed by atoms with E-state index in [1.54, 1.807) is 43.4 Å². The summed E-state index contributed by atoms with van der Waals surface area (Å²) in [4.78, 5) is 3.89. The molecule has 0 aliphatic carbocycles. The molecule has 1 aromatic heterocycles. The fourth-order valence-electron chi connectivity index (χ4n) is 4.46. The van der Waals surface area contributed by atoms with E-state index in [4.69, 9.17) is 14.7 Å². The summed E-state index contributed by atoms with van der Waals surface area (Å²) in [5, 5.41) is 24.5. The fourth-order valence-corrected chi connectivity index (χ4v) is 4.46. The molecule has 2 atom stereocenters. The number of nitrogens with zero attached hydrogens (tertiary/aromatic N) is 4. The number of hydrogen-bond donors (Lipinski definition) is 1. The highest BCUT2D eigenvalue weighted by Crippen LogP contribution is 2.37. The van der Waals surface area contributed by atoms with Gasteiger partial charge in [0.15, 0.2) is 6.29 Å².